The van der Waals surface area contributed by atoms with E-state index in [0.29, 0.717) is 35.4 Å². The highest BCUT2D eigenvalue weighted by atomic mass is 19.3. The van der Waals surface area contributed by atoms with Crippen molar-refractivity contribution in [1.82, 2.24) is 0 Å². The van der Waals surface area contributed by atoms with E-state index in [2.05, 4.69) is 18.0 Å². The predicted molar refractivity (Wildman–Crippen MR) is 134 cm³/mol. The summed E-state index contributed by atoms with van der Waals surface area (Å²) < 4.78 is 34.2. The number of phenols is 1. The van der Waals surface area contributed by atoms with E-state index in [9.17, 15) is 13.9 Å². The Morgan fingerprint density at radius 3 is 2.73 bits per heavy atom. The van der Waals surface area contributed by atoms with Gasteiger partial charge in [0.2, 0.25) is 0 Å². The monoisotopic (exact) mass is 451 g/mol. The number of unbranched alkanes of at least 4 members (excludes halogenated alkanes) is 1. The van der Waals surface area contributed by atoms with E-state index >= 15 is 0 Å². The topological polar surface area (TPSA) is 41.5 Å². The lowest BCUT2D eigenvalue weighted by Crippen LogP contribution is -2.14. The summed E-state index contributed by atoms with van der Waals surface area (Å²) in [6, 6.07) is 10.8. The van der Waals surface area contributed by atoms with Crippen LogP contribution in [0.4, 0.5) is 14.5 Å². The van der Waals surface area contributed by atoms with E-state index in [4.69, 9.17) is 4.74 Å². The number of halogens is 2. The predicted octanol–water partition coefficient (Wildman–Crippen LogP) is 8.06. The Kier molecular flexibility index (Phi) is 7.75. The molecular formula is C28H31F2NO2. The van der Waals surface area contributed by atoms with E-state index in [1.807, 2.05) is 31.2 Å². The van der Waals surface area contributed by atoms with Crippen LogP contribution in [-0.2, 0) is 0 Å². The summed E-state index contributed by atoms with van der Waals surface area (Å²) in [6.45, 7) is 9.21. The Hall–Kier alpha value is -3.34. The molecule has 0 saturated heterocycles. The van der Waals surface area contributed by atoms with Crippen molar-refractivity contribution in [2.45, 2.75) is 46.0 Å². The van der Waals surface area contributed by atoms with Gasteiger partial charge in [-0.15, -0.1) is 0 Å². The van der Waals surface area contributed by atoms with E-state index in [1.165, 1.54) is 6.08 Å². The Morgan fingerprint density at radius 1 is 1.24 bits per heavy atom. The van der Waals surface area contributed by atoms with Crippen molar-refractivity contribution < 1.29 is 18.6 Å². The summed E-state index contributed by atoms with van der Waals surface area (Å²) in [4.78, 5) is 0. The first-order chi connectivity index (χ1) is 15.7. The first kappa shape index (κ1) is 24.3. The molecule has 0 bridgehead atoms. The minimum atomic E-state index is -3.02. The maximum atomic E-state index is 14.2. The minimum Gasteiger partial charge on any atom is -0.507 e. The first-order valence-corrected chi connectivity index (χ1v) is 11.2. The smallest absolute Gasteiger partial charge is 0.270 e. The van der Waals surface area contributed by atoms with E-state index in [-0.39, 0.29) is 11.3 Å². The Bertz CT molecular complexity index is 1110. The van der Waals surface area contributed by atoms with Crippen LogP contribution in [0.2, 0.25) is 0 Å². The molecule has 2 aromatic rings. The zero-order valence-electron chi connectivity index (χ0n) is 19.4. The van der Waals surface area contributed by atoms with Crippen LogP contribution in [0.3, 0.4) is 0 Å². The van der Waals surface area contributed by atoms with Crippen molar-refractivity contribution in [3.05, 3.63) is 83.5 Å². The molecule has 0 aliphatic carbocycles. The molecule has 0 atom stereocenters. The average molecular weight is 452 g/mol. The molecule has 0 radical (unpaired) electrons. The molecule has 0 unspecified atom stereocenters. The molecule has 0 spiro atoms. The fourth-order valence-corrected chi connectivity index (χ4v) is 3.73. The van der Waals surface area contributed by atoms with Crippen LogP contribution in [0.15, 0.2) is 66.8 Å². The van der Waals surface area contributed by atoms with Gasteiger partial charge in [-0.3, -0.25) is 0 Å². The number of fused-ring (bicyclic) bond motifs is 1. The van der Waals surface area contributed by atoms with Crippen LogP contribution in [0.5, 0.6) is 11.5 Å². The van der Waals surface area contributed by atoms with Crippen LogP contribution >= 0.6 is 0 Å². The lowest BCUT2D eigenvalue weighted by Gasteiger charge is -2.18. The molecule has 0 saturated carbocycles. The van der Waals surface area contributed by atoms with Gasteiger partial charge in [-0.1, -0.05) is 56.4 Å². The van der Waals surface area contributed by atoms with Gasteiger partial charge >= 0.3 is 0 Å². The molecule has 1 aliphatic rings. The molecule has 0 aromatic heterocycles. The van der Waals surface area contributed by atoms with Gasteiger partial charge in [0.15, 0.2) is 0 Å². The van der Waals surface area contributed by atoms with Crippen molar-refractivity contribution >= 4 is 23.0 Å². The maximum Gasteiger partial charge on any atom is 0.270 e. The molecule has 33 heavy (non-hydrogen) atoms. The second-order valence-electron chi connectivity index (χ2n) is 8.25. The van der Waals surface area contributed by atoms with Crippen molar-refractivity contribution in [3.63, 3.8) is 0 Å². The Balaban J connectivity index is 1.85. The number of nitrogens with one attached hydrogen (secondary N) is 1. The van der Waals surface area contributed by atoms with Crippen LogP contribution < -0.4 is 10.1 Å². The number of anilines is 1. The molecule has 2 aromatic carbocycles. The summed E-state index contributed by atoms with van der Waals surface area (Å²) in [5.74, 6) is -2.26. The van der Waals surface area contributed by atoms with Gasteiger partial charge in [0.25, 0.3) is 5.92 Å². The van der Waals surface area contributed by atoms with Crippen molar-refractivity contribution in [3.8, 4) is 11.5 Å². The van der Waals surface area contributed by atoms with Crippen molar-refractivity contribution in [2.75, 3.05) is 11.9 Å². The molecule has 2 N–H and O–H groups in total. The van der Waals surface area contributed by atoms with Crippen LogP contribution in [0.25, 0.3) is 17.3 Å². The molecule has 3 rings (SSSR count). The largest absolute Gasteiger partial charge is 0.507 e. The lowest BCUT2D eigenvalue weighted by atomic mass is 9.95. The number of benzene rings is 2. The number of hydrogen-bond donors (Lipinski definition) is 2. The Labute approximate surface area is 194 Å². The summed E-state index contributed by atoms with van der Waals surface area (Å²) >= 11 is 0. The van der Waals surface area contributed by atoms with Gasteiger partial charge in [-0.05, 0) is 49.6 Å². The molecule has 5 heteroatoms. The van der Waals surface area contributed by atoms with Gasteiger partial charge in [0, 0.05) is 40.6 Å². The highest BCUT2D eigenvalue weighted by Crippen LogP contribution is 2.36. The standard InChI is InChI=1S/C28H31F2NO2/c1-5-6-7-11-25(28(4,29)30)19(2)24-14-12-21(18-26(24)32)20(3)31-23-13-15-27-22(17-23)10-8-9-16-33-27/h7-8,10-15,17-18,31-32H,3,5-6,9,16H2,1-2,4H3/b11-7-,25-19-. The number of rotatable bonds is 8. The number of phenolic OH excluding ortho intramolecular Hbond substituents is 1. The number of hydrogen-bond acceptors (Lipinski definition) is 3. The third-order valence-corrected chi connectivity index (χ3v) is 5.51. The summed E-state index contributed by atoms with van der Waals surface area (Å²) in [7, 11) is 0. The van der Waals surface area contributed by atoms with Gasteiger partial charge in [-0.2, -0.15) is 0 Å². The number of aromatic hydroxyl groups is 1. The molecule has 0 fully saturated rings. The molecular weight excluding hydrogens is 420 g/mol. The molecule has 1 aliphatic heterocycles. The van der Waals surface area contributed by atoms with Crippen molar-refractivity contribution in [2.24, 2.45) is 0 Å². The van der Waals surface area contributed by atoms with Gasteiger partial charge in [-0.25, -0.2) is 8.78 Å². The quantitative estimate of drug-likeness (QED) is 0.399. The van der Waals surface area contributed by atoms with E-state index in [1.54, 1.807) is 31.2 Å². The number of allylic oxidation sites excluding steroid dienone is 4. The molecule has 3 nitrogen and oxygen atoms in total. The van der Waals surface area contributed by atoms with Crippen LogP contribution in [-0.4, -0.2) is 17.6 Å². The summed E-state index contributed by atoms with van der Waals surface area (Å²) in [6.07, 6.45) is 9.76. The first-order valence-electron chi connectivity index (χ1n) is 11.2. The fourth-order valence-electron chi connectivity index (χ4n) is 3.73. The second-order valence-corrected chi connectivity index (χ2v) is 8.25. The lowest BCUT2D eigenvalue weighted by molar-refractivity contribution is 0.0681. The fraction of sp³-hybridized carbons (Fsp3) is 0.286. The number of ether oxygens (including phenoxy) is 1. The highest BCUT2D eigenvalue weighted by Gasteiger charge is 2.28. The van der Waals surface area contributed by atoms with Crippen LogP contribution in [0, 0.1) is 0 Å². The zero-order valence-corrected chi connectivity index (χ0v) is 19.4. The average Bonchev–Trinajstić information content (AvgIpc) is 3.00. The minimum absolute atomic E-state index is 0.0724. The van der Waals surface area contributed by atoms with Crippen LogP contribution in [0.1, 0.15) is 56.7 Å². The van der Waals surface area contributed by atoms with Crippen molar-refractivity contribution in [1.29, 1.82) is 0 Å². The van der Waals surface area contributed by atoms with Gasteiger partial charge in [0.05, 0.1) is 6.61 Å². The van der Waals surface area contributed by atoms with Gasteiger partial charge in [0.1, 0.15) is 11.5 Å². The highest BCUT2D eigenvalue weighted by molar-refractivity contribution is 5.81. The van der Waals surface area contributed by atoms with Gasteiger partial charge < -0.3 is 15.2 Å². The normalized spacial score (nSPS) is 14.3. The molecule has 1 heterocycles. The maximum absolute atomic E-state index is 14.2. The third kappa shape index (κ3) is 6.13. The summed E-state index contributed by atoms with van der Waals surface area (Å²) in [5.41, 5.74) is 3.68. The third-order valence-electron chi connectivity index (χ3n) is 5.51. The SMILES string of the molecule is C=C(Nc1ccc2c(c1)C=CCCO2)c1ccc(/C(C)=C(/C=C\CCC)C(C)(F)F)c(O)c1. The van der Waals surface area contributed by atoms with E-state index < -0.39 is 5.92 Å². The second kappa shape index (κ2) is 10.5. The zero-order chi connectivity index (χ0) is 24.0. The molecule has 174 valence electrons. The Morgan fingerprint density at radius 2 is 2.03 bits per heavy atom. The van der Waals surface area contributed by atoms with E-state index in [0.717, 1.165) is 36.8 Å². The summed E-state index contributed by atoms with van der Waals surface area (Å²) in [5, 5.41) is 13.9. The number of alkyl halides is 2. The molecule has 0 amide bonds.